The Morgan fingerprint density at radius 2 is 1.87 bits per heavy atom. The monoisotopic (exact) mass is 203 g/mol. The zero-order chi connectivity index (χ0) is 10.1. The quantitative estimate of drug-likeness (QED) is 0.800. The first-order chi connectivity index (χ1) is 7.43. The van der Waals surface area contributed by atoms with Crippen molar-refractivity contribution < 1.29 is 0 Å². The molecule has 3 nitrogen and oxygen atoms in total. The van der Waals surface area contributed by atoms with E-state index in [1.54, 1.807) is 0 Å². The first kappa shape index (κ1) is 9.28. The van der Waals surface area contributed by atoms with Crippen LogP contribution in [0.3, 0.4) is 0 Å². The highest BCUT2D eigenvalue weighted by Gasteiger charge is 2.22. The lowest BCUT2D eigenvalue weighted by Crippen LogP contribution is -2.17. The summed E-state index contributed by atoms with van der Waals surface area (Å²) in [6, 6.07) is 0.403. The maximum atomic E-state index is 4.49. The minimum absolute atomic E-state index is 0.403. The first-order valence-corrected chi connectivity index (χ1v) is 5.99. The van der Waals surface area contributed by atoms with Crippen LogP contribution in [0.1, 0.15) is 55.5 Å². The molecule has 1 aromatic heterocycles. The van der Waals surface area contributed by atoms with Crippen molar-refractivity contribution in [1.29, 1.82) is 0 Å². The molecule has 0 spiro atoms. The predicted octanol–water partition coefficient (Wildman–Crippen LogP) is 2.17. The number of rotatable bonds is 2. The van der Waals surface area contributed by atoms with E-state index in [1.807, 2.05) is 12.4 Å². The van der Waals surface area contributed by atoms with Crippen molar-refractivity contribution in [3.8, 4) is 0 Å². The third-order valence-corrected chi connectivity index (χ3v) is 3.64. The van der Waals surface area contributed by atoms with Crippen LogP contribution < -0.4 is 5.32 Å². The van der Waals surface area contributed by atoms with Crippen LogP contribution in [0.2, 0.25) is 0 Å². The Morgan fingerprint density at radius 1 is 1.07 bits per heavy atom. The van der Waals surface area contributed by atoms with Gasteiger partial charge in [-0.3, -0.25) is 0 Å². The highest BCUT2D eigenvalue weighted by atomic mass is 15.0. The van der Waals surface area contributed by atoms with Gasteiger partial charge in [-0.25, -0.2) is 9.97 Å². The average Bonchev–Trinajstić information content (AvgIpc) is 2.69. The highest BCUT2D eigenvalue weighted by Crippen LogP contribution is 2.35. The topological polar surface area (TPSA) is 37.8 Å². The lowest BCUT2D eigenvalue weighted by molar-refractivity contribution is 0.417. The van der Waals surface area contributed by atoms with E-state index in [0.29, 0.717) is 6.04 Å². The van der Waals surface area contributed by atoms with Gasteiger partial charge in [-0.2, -0.15) is 0 Å². The maximum absolute atomic E-state index is 4.49. The van der Waals surface area contributed by atoms with Gasteiger partial charge in [0.25, 0.3) is 0 Å². The smallest absolute Gasteiger partial charge is 0.145 e. The van der Waals surface area contributed by atoms with E-state index in [2.05, 4.69) is 15.3 Å². The lowest BCUT2D eigenvalue weighted by Gasteiger charge is -2.25. The van der Waals surface area contributed by atoms with Gasteiger partial charge in [0.2, 0.25) is 0 Å². The van der Waals surface area contributed by atoms with E-state index in [4.69, 9.17) is 0 Å². The summed E-state index contributed by atoms with van der Waals surface area (Å²) in [5.41, 5.74) is 1.34. The molecule has 0 aromatic carbocycles. The second kappa shape index (κ2) is 3.89. The molecule has 2 fully saturated rings. The summed E-state index contributed by atoms with van der Waals surface area (Å²) in [4.78, 5) is 8.98. The number of nitrogens with one attached hydrogen (secondary N) is 1. The molecule has 1 aromatic rings. The third-order valence-electron chi connectivity index (χ3n) is 3.64. The second-order valence-electron chi connectivity index (χ2n) is 4.65. The summed E-state index contributed by atoms with van der Waals surface area (Å²) in [6.45, 7) is 1.11. The predicted molar refractivity (Wildman–Crippen MR) is 58.6 cm³/mol. The fourth-order valence-corrected chi connectivity index (χ4v) is 2.39. The number of hydrogen-bond donors (Lipinski definition) is 1. The molecule has 80 valence electrons. The van der Waals surface area contributed by atoms with Gasteiger partial charge in [-0.15, -0.1) is 0 Å². The van der Waals surface area contributed by atoms with E-state index in [-0.39, 0.29) is 0 Å². The largest absolute Gasteiger partial charge is 0.307 e. The standard InChI is InChI=1S/C12H17N3/c1-3-9(4-1)10-7-14-12(15-8-10)11-5-2-6-13-11/h7-9,11,13H,1-6H2. The minimum Gasteiger partial charge on any atom is -0.307 e. The van der Waals surface area contributed by atoms with Gasteiger partial charge in [0, 0.05) is 12.4 Å². The molecule has 0 bridgehead atoms. The third kappa shape index (κ3) is 1.76. The molecule has 0 amide bonds. The second-order valence-corrected chi connectivity index (χ2v) is 4.65. The summed E-state index contributed by atoms with van der Waals surface area (Å²) in [5.74, 6) is 1.73. The van der Waals surface area contributed by atoms with Gasteiger partial charge < -0.3 is 5.32 Å². The maximum Gasteiger partial charge on any atom is 0.145 e. The Hall–Kier alpha value is -0.960. The normalized spacial score (nSPS) is 26.5. The summed E-state index contributed by atoms with van der Waals surface area (Å²) < 4.78 is 0. The van der Waals surface area contributed by atoms with Gasteiger partial charge in [0.15, 0.2) is 0 Å². The van der Waals surface area contributed by atoms with Crippen LogP contribution in [0, 0.1) is 0 Å². The first-order valence-electron chi connectivity index (χ1n) is 5.99. The molecule has 0 radical (unpaired) electrons. The van der Waals surface area contributed by atoms with Crippen molar-refractivity contribution >= 4 is 0 Å². The van der Waals surface area contributed by atoms with E-state index >= 15 is 0 Å². The number of nitrogens with zero attached hydrogens (tertiary/aromatic N) is 2. The van der Waals surface area contributed by atoms with Crippen molar-refractivity contribution in [1.82, 2.24) is 15.3 Å². The summed E-state index contributed by atoms with van der Waals surface area (Å²) >= 11 is 0. The van der Waals surface area contributed by atoms with E-state index in [0.717, 1.165) is 18.3 Å². The van der Waals surface area contributed by atoms with Gasteiger partial charge >= 0.3 is 0 Å². The van der Waals surface area contributed by atoms with Crippen LogP contribution in [-0.2, 0) is 0 Å². The van der Waals surface area contributed by atoms with Crippen molar-refractivity contribution in [2.45, 2.75) is 44.1 Å². The zero-order valence-corrected chi connectivity index (χ0v) is 8.95. The molecule has 2 aliphatic rings. The van der Waals surface area contributed by atoms with Crippen LogP contribution in [0.4, 0.5) is 0 Å². The van der Waals surface area contributed by atoms with Crippen molar-refractivity contribution in [3.05, 3.63) is 23.8 Å². The Kier molecular flexibility index (Phi) is 2.41. The summed E-state index contributed by atoms with van der Waals surface area (Å²) in [7, 11) is 0. The Labute approximate surface area is 90.3 Å². The van der Waals surface area contributed by atoms with Crippen LogP contribution in [0.5, 0.6) is 0 Å². The van der Waals surface area contributed by atoms with E-state index in [1.165, 1.54) is 37.7 Å². The molecule has 1 saturated carbocycles. The Balaban J connectivity index is 1.74. The highest BCUT2D eigenvalue weighted by molar-refractivity contribution is 5.15. The minimum atomic E-state index is 0.403. The fourth-order valence-electron chi connectivity index (χ4n) is 2.39. The fraction of sp³-hybridized carbons (Fsp3) is 0.667. The molecular weight excluding hydrogens is 186 g/mol. The molecule has 1 saturated heterocycles. The number of aromatic nitrogens is 2. The molecule has 1 aliphatic heterocycles. The van der Waals surface area contributed by atoms with Crippen LogP contribution in [0.25, 0.3) is 0 Å². The zero-order valence-electron chi connectivity index (χ0n) is 8.95. The van der Waals surface area contributed by atoms with Gasteiger partial charge in [-0.05, 0) is 43.7 Å². The van der Waals surface area contributed by atoms with Gasteiger partial charge in [0.05, 0.1) is 6.04 Å². The number of hydrogen-bond acceptors (Lipinski definition) is 3. The molecule has 1 atom stereocenters. The van der Waals surface area contributed by atoms with E-state index in [9.17, 15) is 0 Å². The van der Waals surface area contributed by atoms with Crippen LogP contribution >= 0.6 is 0 Å². The summed E-state index contributed by atoms with van der Waals surface area (Å²) in [5, 5.41) is 3.42. The lowest BCUT2D eigenvalue weighted by atomic mass is 9.81. The van der Waals surface area contributed by atoms with Gasteiger partial charge in [-0.1, -0.05) is 6.42 Å². The van der Waals surface area contributed by atoms with Crippen LogP contribution in [-0.4, -0.2) is 16.5 Å². The summed E-state index contributed by atoms with van der Waals surface area (Å²) in [6.07, 6.45) is 10.5. The average molecular weight is 203 g/mol. The van der Waals surface area contributed by atoms with Crippen molar-refractivity contribution in [2.75, 3.05) is 6.54 Å². The Bertz CT molecular complexity index is 323. The molecule has 1 aliphatic carbocycles. The molecular formula is C12H17N3. The Morgan fingerprint density at radius 3 is 2.40 bits per heavy atom. The molecule has 1 N–H and O–H groups in total. The van der Waals surface area contributed by atoms with E-state index < -0.39 is 0 Å². The SMILES string of the molecule is c1nc(C2CCCN2)ncc1C1CCC1. The van der Waals surface area contributed by atoms with Crippen LogP contribution in [0.15, 0.2) is 12.4 Å². The molecule has 15 heavy (non-hydrogen) atoms. The van der Waals surface area contributed by atoms with Crippen molar-refractivity contribution in [3.63, 3.8) is 0 Å². The van der Waals surface area contributed by atoms with Gasteiger partial charge in [0.1, 0.15) is 5.82 Å². The van der Waals surface area contributed by atoms with Crippen molar-refractivity contribution in [2.24, 2.45) is 0 Å². The molecule has 1 unspecified atom stereocenters. The molecule has 3 rings (SSSR count). The molecule has 3 heteroatoms. The molecule has 2 heterocycles.